The molecule has 0 aliphatic heterocycles. The number of carbonyl (C=O) groups is 1. The second kappa shape index (κ2) is 10.4. The second-order valence-electron chi connectivity index (χ2n) is 4.99. The average Bonchev–Trinajstić information content (AvgIpc) is 2.86. The highest BCUT2D eigenvalue weighted by Gasteiger charge is 2.46. The fourth-order valence-corrected chi connectivity index (χ4v) is 1.96. The van der Waals surface area contributed by atoms with Crippen molar-refractivity contribution in [2.45, 2.75) is 51.2 Å². The summed E-state index contributed by atoms with van der Waals surface area (Å²) in [4.78, 5) is 14.8. The van der Waals surface area contributed by atoms with E-state index in [1.165, 1.54) is 6.07 Å². The molecule has 1 unspecified atom stereocenters. The van der Waals surface area contributed by atoms with E-state index in [0.717, 1.165) is 29.2 Å². The number of carbonyl (C=O) groups excluding carboxylic acids is 1. The van der Waals surface area contributed by atoms with Crippen molar-refractivity contribution < 1.29 is 40.7 Å². The lowest BCUT2D eigenvalue weighted by Gasteiger charge is -2.36. The van der Waals surface area contributed by atoms with Crippen molar-refractivity contribution in [3.05, 3.63) is 35.9 Å². The fraction of sp³-hybridized carbons (Fsp3) is 0.591. The first kappa shape index (κ1) is 6.36. The molecule has 1 aliphatic rings. The topological polar surface area (TPSA) is 49.8 Å². The lowest BCUT2D eigenvalue weighted by molar-refractivity contribution is -0.174. The van der Waals surface area contributed by atoms with E-state index >= 15 is 0 Å². The van der Waals surface area contributed by atoms with Gasteiger partial charge in [-0.05, 0) is 31.4 Å². The largest absolute Gasteiger partial charge is 0.450 e. The van der Waals surface area contributed by atoms with Crippen LogP contribution < -0.4 is 0 Å². The zero-order chi connectivity index (χ0) is 36.2. The molecule has 1 aliphatic carbocycles. The first-order chi connectivity index (χ1) is 20.3. The molecule has 1 N–H and O–H groups in total. The maximum Gasteiger partial charge on any atom is 0.344 e. The lowest BCUT2D eigenvalue weighted by atomic mass is 9.73. The molecule has 0 heterocycles. The summed E-state index contributed by atoms with van der Waals surface area (Å²) in [6.45, 7) is -11.0. The molecule has 4 heteroatoms. The zero-order valence-electron chi connectivity index (χ0n) is 33.7. The van der Waals surface area contributed by atoms with Gasteiger partial charge >= 0.3 is 5.97 Å². The molecule has 2 rings (SSSR count). The number of rotatable bonds is 8. The molecular weight excluding hydrogens is 326 g/mol. The van der Waals surface area contributed by atoms with Gasteiger partial charge in [0.05, 0.1) is 9.29 Å². The molecule has 1 fully saturated rings. The maximum atomic E-state index is 13.9. The van der Waals surface area contributed by atoms with Gasteiger partial charge in [-0.25, -0.2) is 4.79 Å². The van der Waals surface area contributed by atoms with Crippen molar-refractivity contribution >= 4 is 5.97 Å². The molecule has 0 aromatic heterocycles. The van der Waals surface area contributed by atoms with Gasteiger partial charge in [0.1, 0.15) is 0 Å². The summed E-state index contributed by atoms with van der Waals surface area (Å²) in [5.74, 6) is -2.63. The van der Waals surface area contributed by atoms with Crippen molar-refractivity contribution in [3.63, 3.8) is 0 Å². The quantitative estimate of drug-likeness (QED) is 0.558. The van der Waals surface area contributed by atoms with E-state index in [2.05, 4.69) is 11.0 Å². The van der Waals surface area contributed by atoms with Crippen LogP contribution in [0.1, 0.15) is 77.2 Å². The van der Waals surface area contributed by atoms with Crippen molar-refractivity contribution in [1.29, 1.82) is 1.43 Å². The summed E-state index contributed by atoms with van der Waals surface area (Å²) in [5.41, 5.74) is -4.67. The fourth-order valence-electron chi connectivity index (χ4n) is 1.96. The smallest absolute Gasteiger partial charge is 0.344 e. The minimum absolute atomic E-state index is 0.685. The Hall–Kier alpha value is -1.83. The molecule has 0 amide bonds. The third-order valence-electron chi connectivity index (χ3n) is 3.35. The Labute approximate surface area is 185 Å². The predicted molar refractivity (Wildman–Crippen MR) is 103 cm³/mol. The van der Waals surface area contributed by atoms with Gasteiger partial charge in [0.2, 0.25) is 1.43 Å². The first-order valence-electron chi connectivity index (χ1n) is 17.4. The van der Waals surface area contributed by atoms with E-state index in [4.69, 9.17) is 32.2 Å². The summed E-state index contributed by atoms with van der Waals surface area (Å²) >= 11 is 0. The van der Waals surface area contributed by atoms with E-state index in [0.29, 0.717) is 0 Å². The van der Waals surface area contributed by atoms with E-state index in [9.17, 15) is 4.79 Å². The Kier molecular flexibility index (Phi) is 2.53. The highest BCUT2D eigenvalue weighted by molar-refractivity contribution is 5.81. The van der Waals surface area contributed by atoms with Crippen LogP contribution in [0.2, 0.25) is 0 Å². The number of esters is 1. The zero-order valence-corrected chi connectivity index (χ0v) is 13.7. The second-order valence-corrected chi connectivity index (χ2v) is 4.99. The van der Waals surface area contributed by atoms with Gasteiger partial charge in [-0.1, -0.05) is 75.0 Å². The van der Waals surface area contributed by atoms with Gasteiger partial charge in [-0.15, -0.1) is 0 Å². The highest BCUT2D eigenvalue weighted by atomic mass is 16.5. The van der Waals surface area contributed by atoms with Crippen molar-refractivity contribution in [1.82, 2.24) is 4.90 Å². The molecule has 1 saturated carbocycles. The summed E-state index contributed by atoms with van der Waals surface area (Å²) < 4.78 is 166. The van der Waals surface area contributed by atoms with Crippen molar-refractivity contribution in [2.24, 2.45) is 5.89 Å². The average molecular weight is 378 g/mol. The Bertz CT molecular complexity index is 1280. The molecule has 0 radical (unpaired) electrons. The lowest BCUT2D eigenvalue weighted by Crippen LogP contribution is -2.45. The van der Waals surface area contributed by atoms with Crippen LogP contribution in [0.15, 0.2) is 30.3 Å². The molecule has 0 spiro atoms. The van der Waals surface area contributed by atoms with Gasteiger partial charge in [0, 0.05) is 29.2 Å². The Morgan fingerprint density at radius 2 is 2.12 bits per heavy atom. The van der Waals surface area contributed by atoms with Gasteiger partial charge in [-0.3, -0.25) is 4.90 Å². The van der Waals surface area contributed by atoms with Crippen LogP contribution in [0.5, 0.6) is 0 Å². The normalized spacial score (nSPS) is 41.0. The van der Waals surface area contributed by atoms with Gasteiger partial charge in [0.25, 0.3) is 0 Å². The van der Waals surface area contributed by atoms with Gasteiger partial charge in [-0.2, -0.15) is 0 Å². The monoisotopic (exact) mass is 377 g/mol. The Balaban J connectivity index is 2.79. The van der Waals surface area contributed by atoms with Crippen LogP contribution in [0.4, 0.5) is 0 Å². The Morgan fingerprint density at radius 3 is 2.77 bits per heavy atom. The molecule has 4 nitrogen and oxygen atoms in total. The molecule has 1 atom stereocenters. The minimum Gasteiger partial charge on any atom is -0.450 e. The summed E-state index contributed by atoms with van der Waals surface area (Å²) in [7, 11) is 0. The highest BCUT2D eigenvalue weighted by Crippen LogP contribution is 2.40. The molecule has 1 aromatic rings. The van der Waals surface area contributed by atoms with E-state index in [-0.39, 0.29) is 0 Å². The molecule has 142 valence electrons. The molecule has 0 bridgehead atoms. The van der Waals surface area contributed by atoms with Crippen LogP contribution in [0.25, 0.3) is 0 Å². The number of hydrogen-bond donors (Lipinski definition) is 1. The van der Waals surface area contributed by atoms with E-state index in [1.54, 1.807) is 5.92 Å². The maximum absolute atomic E-state index is 13.9. The third-order valence-corrected chi connectivity index (χ3v) is 3.35. The molecular formula is C22H31NO3. The summed E-state index contributed by atoms with van der Waals surface area (Å²) in [5, 5.41) is 4.56. The van der Waals surface area contributed by atoms with E-state index < -0.39 is 94.8 Å². The summed E-state index contributed by atoms with van der Waals surface area (Å²) in [6.07, 6.45) is -20.7. The number of hydrogen-bond acceptors (Lipinski definition) is 4. The number of ether oxygens (including phenoxy) is 1. The Morgan fingerprint density at radius 1 is 1.38 bits per heavy atom. The number of nitrogens with zero attached hydrogens (tertiary/aromatic N) is 1. The van der Waals surface area contributed by atoms with Crippen LogP contribution in [0.3, 0.4) is 0 Å². The number of benzene rings is 1. The SMILES string of the molecule is [2H]OC(C(=O)OC([2H])([2H])C#CCN(CC([2H])([2H])[2H])CC([2H])([2H])[2H])(c1ccccc1)C1([2H])C([2H])([2H])C([2H])([2H])C([2H])([2H])C([2H])([2H])C1([2H])[2H]. The van der Waals surface area contributed by atoms with Crippen LogP contribution in [-0.2, 0) is 15.1 Å². The first-order valence-corrected chi connectivity index (χ1v) is 7.49. The number of aliphatic hydroxyl groups is 1. The summed E-state index contributed by atoms with van der Waals surface area (Å²) in [6, 6.07) is 5.35. The van der Waals surface area contributed by atoms with E-state index in [1.807, 2.05) is 0 Å². The molecule has 26 heavy (non-hydrogen) atoms. The molecule has 0 saturated heterocycles. The predicted octanol–water partition coefficient (Wildman–Crippen LogP) is 3.34. The van der Waals surface area contributed by atoms with Crippen LogP contribution >= 0.6 is 0 Å². The minimum atomic E-state index is -4.29. The van der Waals surface area contributed by atoms with Crippen molar-refractivity contribution in [2.75, 3.05) is 26.2 Å². The third kappa shape index (κ3) is 5.09. The van der Waals surface area contributed by atoms with Crippen LogP contribution in [0, 0.1) is 17.7 Å². The van der Waals surface area contributed by atoms with Gasteiger partial charge in [0.15, 0.2) is 12.2 Å². The van der Waals surface area contributed by atoms with Crippen LogP contribution in [-0.4, -0.2) is 43.6 Å². The standard InChI is InChI=1S/C22H31NO3/c1-3-23(4-2)17-11-12-18-26-21(24)22(25,19-13-7-5-8-14-19)20-15-9-6-10-16-20/h5,7-8,13-14,20,25H,3-4,6,9-10,15-18H2,1-2H3/i1D3,2D3,6D2,9D2,10D2,15D2,16D2,18D2,20D,25D. The van der Waals surface area contributed by atoms with Crippen molar-refractivity contribution in [3.8, 4) is 11.8 Å². The van der Waals surface area contributed by atoms with Gasteiger partial charge < -0.3 is 9.85 Å². The molecule has 1 aromatic carbocycles.